The Kier molecular flexibility index (Phi) is 12.7. The molecule has 2 atom stereocenters. The van der Waals surface area contributed by atoms with Gasteiger partial charge in [0.25, 0.3) is 0 Å². The summed E-state index contributed by atoms with van der Waals surface area (Å²) in [6, 6.07) is 17.5. The molecule has 0 spiro atoms. The third kappa shape index (κ3) is 9.78. The molecule has 4 aliphatic carbocycles. The average molecular weight is 832 g/mol. The molecule has 14 heteroatoms. The first-order valence-corrected chi connectivity index (χ1v) is 20.9. The van der Waals surface area contributed by atoms with E-state index in [0.717, 1.165) is 58.0 Å². The quantitative estimate of drug-likeness (QED) is 0.0973. The van der Waals surface area contributed by atoms with E-state index in [4.69, 9.17) is 49.1 Å². The van der Waals surface area contributed by atoms with E-state index < -0.39 is 23.9 Å². The molecular formula is C44H52Cl2N6O6. The summed E-state index contributed by atoms with van der Waals surface area (Å²) in [5, 5.41) is 3.76. The maximum atomic E-state index is 13.5. The second-order valence-electron chi connectivity index (χ2n) is 16.7. The molecule has 8 rings (SSSR count). The topological polar surface area (TPSA) is 172 Å². The number of benzene rings is 3. The van der Waals surface area contributed by atoms with Gasteiger partial charge >= 0.3 is 11.9 Å². The van der Waals surface area contributed by atoms with E-state index in [1.165, 1.54) is 52.4 Å². The van der Waals surface area contributed by atoms with Crippen LogP contribution in [0.2, 0.25) is 10.0 Å². The lowest BCUT2D eigenvalue weighted by Gasteiger charge is -2.57. The molecule has 0 aliphatic heterocycles. The van der Waals surface area contributed by atoms with Gasteiger partial charge in [-0.1, -0.05) is 35.3 Å². The summed E-state index contributed by atoms with van der Waals surface area (Å²) in [4.78, 5) is 56.1. The molecule has 3 aromatic carbocycles. The molecule has 308 valence electrons. The number of imidazole rings is 1. The lowest BCUT2D eigenvalue weighted by atomic mass is 9.49. The Bertz CT molecular complexity index is 2120. The van der Waals surface area contributed by atoms with Crippen molar-refractivity contribution in [3.63, 3.8) is 0 Å². The normalized spacial score (nSPS) is 21.7. The highest BCUT2D eigenvalue weighted by Crippen LogP contribution is 2.61. The zero-order valence-corrected chi connectivity index (χ0v) is 34.6. The number of nitrogens with two attached hydrogens (primary N) is 2. The van der Waals surface area contributed by atoms with Gasteiger partial charge in [0, 0.05) is 31.6 Å². The number of halogens is 2. The number of fused-ring (bicyclic) bond motifs is 1. The monoisotopic (exact) mass is 830 g/mol. The molecule has 4 fully saturated rings. The predicted molar refractivity (Wildman–Crippen MR) is 224 cm³/mol. The van der Waals surface area contributed by atoms with Gasteiger partial charge in [-0.25, -0.2) is 4.98 Å². The maximum absolute atomic E-state index is 13.5. The highest BCUT2D eigenvalue weighted by molar-refractivity contribution is 6.42. The van der Waals surface area contributed by atoms with Crippen LogP contribution in [-0.4, -0.2) is 65.6 Å². The zero-order valence-electron chi connectivity index (χ0n) is 33.1. The SMILES string of the molecule is CC(=O)OCCN(CCOC(C)=O)c1ccc(-c2nc3cc(C(CC(N)=O)NC(=O)[C@@H](N)Cc4ccc(Cl)c(Cl)c4)ccc3n2CC23CC4CC(CC(C4)C2)C3)cc1. The van der Waals surface area contributed by atoms with Crippen molar-refractivity contribution in [1.29, 1.82) is 0 Å². The van der Waals surface area contributed by atoms with Crippen LogP contribution in [0.3, 0.4) is 0 Å². The predicted octanol–water partition coefficient (Wildman–Crippen LogP) is 6.76. The van der Waals surface area contributed by atoms with Crippen molar-refractivity contribution in [3.8, 4) is 11.4 Å². The number of primary amides is 1. The lowest BCUT2D eigenvalue weighted by Crippen LogP contribution is -2.47. The van der Waals surface area contributed by atoms with Gasteiger partial charge in [-0.3, -0.25) is 19.2 Å². The number of rotatable bonds is 17. The molecule has 58 heavy (non-hydrogen) atoms. The van der Waals surface area contributed by atoms with Gasteiger partial charge in [0.1, 0.15) is 19.0 Å². The molecule has 4 aliphatic rings. The van der Waals surface area contributed by atoms with Crippen LogP contribution >= 0.6 is 23.2 Å². The third-order valence-electron chi connectivity index (χ3n) is 12.2. The van der Waals surface area contributed by atoms with Crippen LogP contribution in [-0.2, 0) is 41.6 Å². The Morgan fingerprint density at radius 3 is 2.07 bits per heavy atom. The van der Waals surface area contributed by atoms with Crippen LogP contribution in [0.25, 0.3) is 22.4 Å². The minimum Gasteiger partial charge on any atom is -0.464 e. The van der Waals surface area contributed by atoms with E-state index in [9.17, 15) is 19.2 Å². The van der Waals surface area contributed by atoms with Crippen molar-refractivity contribution >= 4 is 63.7 Å². The van der Waals surface area contributed by atoms with Gasteiger partial charge in [-0.15, -0.1) is 0 Å². The van der Waals surface area contributed by atoms with Gasteiger partial charge in [0.05, 0.1) is 52.7 Å². The first-order chi connectivity index (χ1) is 27.7. The summed E-state index contributed by atoms with van der Waals surface area (Å²) < 4.78 is 12.8. The van der Waals surface area contributed by atoms with E-state index in [1.807, 2.05) is 47.4 Å². The van der Waals surface area contributed by atoms with Crippen LogP contribution in [0.15, 0.2) is 60.7 Å². The van der Waals surface area contributed by atoms with Crippen LogP contribution in [0, 0.1) is 23.2 Å². The van der Waals surface area contributed by atoms with Crippen molar-refractivity contribution in [2.75, 3.05) is 31.2 Å². The number of esters is 2. The van der Waals surface area contributed by atoms with E-state index in [2.05, 4.69) is 9.88 Å². The number of ether oxygens (including phenoxy) is 2. The van der Waals surface area contributed by atoms with Crippen molar-refractivity contribution in [2.24, 2.45) is 34.6 Å². The molecule has 0 radical (unpaired) electrons. The number of nitrogens with zero attached hydrogens (tertiary/aromatic N) is 3. The van der Waals surface area contributed by atoms with Crippen LogP contribution in [0.5, 0.6) is 0 Å². The number of aromatic nitrogens is 2. The van der Waals surface area contributed by atoms with E-state index in [1.54, 1.807) is 18.2 Å². The lowest BCUT2D eigenvalue weighted by molar-refractivity contribution is -0.141. The largest absolute Gasteiger partial charge is 0.464 e. The smallest absolute Gasteiger partial charge is 0.302 e. The van der Waals surface area contributed by atoms with Crippen molar-refractivity contribution < 1.29 is 28.7 Å². The standard InChI is InChI=1S/C44H52Cl2N6O6/c1-26(53)57-13-11-51(12-14-58-27(2)54)34-7-4-32(5-8-34)42-49-39-20-33(6-10-40(39)52(42)25-44-22-29-15-30(23-44)17-31(16-29)24-44)38(21-41(48)55)50-43(56)37(47)19-28-3-9-35(45)36(46)18-28/h3-10,18,20,29-31,37-38H,11-17,19,21-25,47H2,1-2H3,(H2,48,55)(H,50,56)/t29?,30?,31?,37-,38?,44?/m0/s1. The minimum absolute atomic E-state index is 0.121. The van der Waals surface area contributed by atoms with Crippen molar-refractivity contribution in [3.05, 3.63) is 81.8 Å². The summed E-state index contributed by atoms with van der Waals surface area (Å²) in [5.74, 6) is 1.46. The molecule has 4 saturated carbocycles. The first kappa shape index (κ1) is 41.5. The molecule has 1 aromatic heterocycles. The highest BCUT2D eigenvalue weighted by Gasteiger charge is 2.51. The number of nitrogens with one attached hydrogen (secondary N) is 1. The second kappa shape index (κ2) is 17.7. The van der Waals surface area contributed by atoms with Gasteiger partial charge in [-0.2, -0.15) is 0 Å². The molecule has 12 nitrogen and oxygen atoms in total. The van der Waals surface area contributed by atoms with Gasteiger partial charge in [0.15, 0.2) is 0 Å². The van der Waals surface area contributed by atoms with E-state index in [-0.39, 0.29) is 43.4 Å². The fraction of sp³-hybridized carbons (Fsp3) is 0.477. The van der Waals surface area contributed by atoms with Gasteiger partial charge < -0.3 is 35.7 Å². The molecule has 0 saturated heterocycles. The number of amides is 2. The summed E-state index contributed by atoms with van der Waals surface area (Å²) >= 11 is 12.3. The Balaban J connectivity index is 1.20. The Labute approximate surface area is 348 Å². The average Bonchev–Trinajstić information content (AvgIpc) is 3.51. The van der Waals surface area contributed by atoms with Crippen LogP contribution in [0.1, 0.15) is 76.0 Å². The zero-order chi connectivity index (χ0) is 41.1. The Morgan fingerprint density at radius 1 is 0.879 bits per heavy atom. The minimum atomic E-state index is -0.912. The summed E-state index contributed by atoms with van der Waals surface area (Å²) in [7, 11) is 0. The summed E-state index contributed by atoms with van der Waals surface area (Å²) in [5.41, 5.74) is 17.3. The van der Waals surface area contributed by atoms with Gasteiger partial charge in [0.2, 0.25) is 11.8 Å². The first-order valence-electron chi connectivity index (χ1n) is 20.1. The Hall–Kier alpha value is -4.65. The molecule has 1 heterocycles. The summed E-state index contributed by atoms with van der Waals surface area (Å²) in [6.07, 6.45) is 7.81. The van der Waals surface area contributed by atoms with E-state index in [0.29, 0.717) is 28.7 Å². The van der Waals surface area contributed by atoms with Gasteiger partial charge in [-0.05, 0) is 128 Å². The second-order valence-corrected chi connectivity index (χ2v) is 17.5. The van der Waals surface area contributed by atoms with Crippen LogP contribution < -0.4 is 21.7 Å². The fourth-order valence-corrected chi connectivity index (χ4v) is 10.4. The number of anilines is 1. The fourth-order valence-electron chi connectivity index (χ4n) is 10.1. The third-order valence-corrected chi connectivity index (χ3v) is 12.9. The maximum Gasteiger partial charge on any atom is 0.302 e. The molecule has 5 N–H and O–H groups in total. The molecule has 2 amide bonds. The highest BCUT2D eigenvalue weighted by atomic mass is 35.5. The number of carbonyl (C=O) groups is 4. The molecule has 4 aromatic rings. The van der Waals surface area contributed by atoms with Crippen molar-refractivity contribution in [2.45, 2.75) is 83.8 Å². The van der Waals surface area contributed by atoms with E-state index >= 15 is 0 Å². The van der Waals surface area contributed by atoms with Crippen molar-refractivity contribution in [1.82, 2.24) is 14.9 Å². The number of carbonyl (C=O) groups excluding carboxylic acids is 4. The molecular weight excluding hydrogens is 779 g/mol. The van der Waals surface area contributed by atoms with Crippen LogP contribution in [0.4, 0.5) is 5.69 Å². The summed E-state index contributed by atoms with van der Waals surface area (Å²) in [6.45, 7) is 4.85. The Morgan fingerprint density at radius 2 is 1.50 bits per heavy atom. The number of hydrogen-bond donors (Lipinski definition) is 3. The number of hydrogen-bond acceptors (Lipinski definition) is 9. The molecule has 4 bridgehead atoms. The molecule has 1 unspecified atom stereocenters.